The van der Waals surface area contributed by atoms with Gasteiger partial charge in [0.1, 0.15) is 0 Å². The van der Waals surface area contributed by atoms with Gasteiger partial charge in [0.05, 0.1) is 13.0 Å². The van der Waals surface area contributed by atoms with Crippen LogP contribution >= 0.6 is 0 Å². The number of hydrogen-bond donors (Lipinski definition) is 3. The number of hydrogen-bond acceptors (Lipinski definition) is 3. The quantitative estimate of drug-likeness (QED) is 0.753. The van der Waals surface area contributed by atoms with E-state index in [0.717, 1.165) is 29.2 Å². The molecule has 1 aromatic rings. The SMILES string of the molecule is Cc1cc(C)c(CC(=O)NCC(C)(O)C(=O)O)c(C)c1. The number of carboxylic acid groups (broad SMARTS) is 1. The van der Waals surface area contributed by atoms with E-state index in [9.17, 15) is 14.7 Å². The molecular weight excluding hydrogens is 258 g/mol. The van der Waals surface area contributed by atoms with Crippen molar-refractivity contribution in [1.82, 2.24) is 5.32 Å². The lowest BCUT2D eigenvalue weighted by Gasteiger charge is -2.19. The van der Waals surface area contributed by atoms with Gasteiger partial charge in [0.2, 0.25) is 5.91 Å². The van der Waals surface area contributed by atoms with Crippen molar-refractivity contribution in [2.75, 3.05) is 6.54 Å². The van der Waals surface area contributed by atoms with E-state index in [1.165, 1.54) is 0 Å². The zero-order chi connectivity index (χ0) is 15.5. The van der Waals surface area contributed by atoms with Crippen molar-refractivity contribution in [2.45, 2.75) is 39.7 Å². The fourth-order valence-electron chi connectivity index (χ4n) is 2.06. The maximum absolute atomic E-state index is 11.9. The number of carbonyl (C=O) groups is 2. The molecule has 0 heterocycles. The Morgan fingerprint density at radius 3 is 2.15 bits per heavy atom. The molecule has 1 atom stereocenters. The second-order valence-corrected chi connectivity index (χ2v) is 5.41. The number of rotatable bonds is 5. The van der Waals surface area contributed by atoms with Crippen molar-refractivity contribution in [3.63, 3.8) is 0 Å². The fourth-order valence-corrected chi connectivity index (χ4v) is 2.06. The number of carboxylic acids is 1. The molecule has 0 aliphatic rings. The predicted octanol–water partition coefficient (Wildman–Crippen LogP) is 1.11. The van der Waals surface area contributed by atoms with Crippen molar-refractivity contribution in [2.24, 2.45) is 0 Å². The molecule has 0 spiro atoms. The summed E-state index contributed by atoms with van der Waals surface area (Å²) in [5, 5.41) is 20.8. The van der Waals surface area contributed by atoms with Crippen LogP contribution in [0.3, 0.4) is 0 Å². The Morgan fingerprint density at radius 2 is 1.70 bits per heavy atom. The molecule has 0 bridgehead atoms. The molecule has 1 amide bonds. The van der Waals surface area contributed by atoms with E-state index >= 15 is 0 Å². The van der Waals surface area contributed by atoms with E-state index < -0.39 is 11.6 Å². The third-order valence-electron chi connectivity index (χ3n) is 3.27. The largest absolute Gasteiger partial charge is 0.479 e. The van der Waals surface area contributed by atoms with Crippen LogP contribution in [0.2, 0.25) is 0 Å². The summed E-state index contributed by atoms with van der Waals surface area (Å²) in [6, 6.07) is 4.01. The minimum Gasteiger partial charge on any atom is -0.479 e. The van der Waals surface area contributed by atoms with Gasteiger partial charge in [0, 0.05) is 0 Å². The highest BCUT2D eigenvalue weighted by Gasteiger charge is 2.30. The zero-order valence-electron chi connectivity index (χ0n) is 12.3. The standard InChI is InChI=1S/C15H21NO4/c1-9-5-10(2)12(11(3)6-9)7-13(17)16-8-15(4,20)14(18)19/h5-6,20H,7-8H2,1-4H3,(H,16,17)(H,18,19). The molecule has 3 N–H and O–H groups in total. The Balaban J connectivity index is 2.71. The van der Waals surface area contributed by atoms with Crippen molar-refractivity contribution < 1.29 is 19.8 Å². The van der Waals surface area contributed by atoms with E-state index in [2.05, 4.69) is 5.32 Å². The van der Waals surface area contributed by atoms with Crippen LogP contribution in [0.5, 0.6) is 0 Å². The van der Waals surface area contributed by atoms with Gasteiger partial charge in [-0.15, -0.1) is 0 Å². The predicted molar refractivity (Wildman–Crippen MR) is 75.6 cm³/mol. The van der Waals surface area contributed by atoms with E-state index in [4.69, 9.17) is 5.11 Å². The second kappa shape index (κ2) is 6.05. The number of aryl methyl sites for hydroxylation is 3. The summed E-state index contributed by atoms with van der Waals surface area (Å²) in [6.45, 7) is 6.71. The normalized spacial score (nSPS) is 13.7. The molecule has 0 saturated heterocycles. The Bertz CT molecular complexity index is 512. The van der Waals surface area contributed by atoms with Crippen LogP contribution in [0, 0.1) is 20.8 Å². The molecule has 0 aliphatic heterocycles. The van der Waals surface area contributed by atoms with Crippen LogP contribution in [-0.4, -0.2) is 34.2 Å². The molecule has 0 aliphatic carbocycles. The zero-order valence-corrected chi connectivity index (χ0v) is 12.3. The van der Waals surface area contributed by atoms with E-state index in [-0.39, 0.29) is 18.9 Å². The minimum absolute atomic E-state index is 0.174. The smallest absolute Gasteiger partial charge is 0.337 e. The first-order chi connectivity index (χ1) is 9.13. The number of aliphatic carboxylic acids is 1. The van der Waals surface area contributed by atoms with Crippen LogP contribution in [0.25, 0.3) is 0 Å². The van der Waals surface area contributed by atoms with Crippen LogP contribution in [-0.2, 0) is 16.0 Å². The maximum Gasteiger partial charge on any atom is 0.337 e. The summed E-state index contributed by atoms with van der Waals surface area (Å²) in [5.41, 5.74) is 2.18. The van der Waals surface area contributed by atoms with Gasteiger partial charge < -0.3 is 15.5 Å². The van der Waals surface area contributed by atoms with Gasteiger partial charge in [0.25, 0.3) is 0 Å². The molecular formula is C15H21NO4. The summed E-state index contributed by atoms with van der Waals surface area (Å²) >= 11 is 0. The van der Waals surface area contributed by atoms with Crippen LogP contribution < -0.4 is 5.32 Å². The van der Waals surface area contributed by atoms with Crippen LogP contribution in [0.1, 0.15) is 29.2 Å². The first-order valence-electron chi connectivity index (χ1n) is 6.42. The highest BCUT2D eigenvalue weighted by atomic mass is 16.4. The lowest BCUT2D eigenvalue weighted by atomic mass is 9.97. The molecule has 20 heavy (non-hydrogen) atoms. The number of nitrogens with one attached hydrogen (secondary N) is 1. The molecule has 1 unspecified atom stereocenters. The summed E-state index contributed by atoms with van der Waals surface area (Å²) in [6.07, 6.45) is 0.174. The van der Waals surface area contributed by atoms with E-state index in [0.29, 0.717) is 0 Å². The molecule has 1 rings (SSSR count). The summed E-state index contributed by atoms with van der Waals surface area (Å²) < 4.78 is 0. The van der Waals surface area contributed by atoms with E-state index in [1.807, 2.05) is 32.9 Å². The van der Waals surface area contributed by atoms with Gasteiger partial charge in [0.15, 0.2) is 5.60 Å². The Kier molecular flexibility index (Phi) is 4.89. The Morgan fingerprint density at radius 1 is 1.20 bits per heavy atom. The van der Waals surface area contributed by atoms with Crippen molar-refractivity contribution in [3.8, 4) is 0 Å². The first kappa shape index (κ1) is 16.2. The monoisotopic (exact) mass is 279 g/mol. The van der Waals surface area contributed by atoms with E-state index in [1.54, 1.807) is 0 Å². The van der Waals surface area contributed by atoms with Crippen molar-refractivity contribution in [3.05, 3.63) is 34.4 Å². The van der Waals surface area contributed by atoms with Gasteiger partial charge in [-0.1, -0.05) is 17.7 Å². The minimum atomic E-state index is -1.95. The highest BCUT2D eigenvalue weighted by Crippen LogP contribution is 2.17. The van der Waals surface area contributed by atoms with Crippen molar-refractivity contribution >= 4 is 11.9 Å². The van der Waals surface area contributed by atoms with Gasteiger partial charge in [-0.25, -0.2) is 4.79 Å². The number of carbonyl (C=O) groups excluding carboxylic acids is 1. The summed E-state index contributed by atoms with van der Waals surface area (Å²) in [5.74, 6) is -1.66. The second-order valence-electron chi connectivity index (χ2n) is 5.41. The average molecular weight is 279 g/mol. The maximum atomic E-state index is 11.9. The molecule has 5 heteroatoms. The van der Waals surface area contributed by atoms with Crippen LogP contribution in [0.15, 0.2) is 12.1 Å². The van der Waals surface area contributed by atoms with Gasteiger partial charge in [-0.3, -0.25) is 4.79 Å². The molecule has 5 nitrogen and oxygen atoms in total. The third-order valence-corrected chi connectivity index (χ3v) is 3.27. The van der Waals surface area contributed by atoms with Gasteiger partial charge in [-0.05, 0) is 44.4 Å². The Hall–Kier alpha value is -1.88. The number of aliphatic hydroxyl groups is 1. The van der Waals surface area contributed by atoms with Crippen molar-refractivity contribution in [1.29, 1.82) is 0 Å². The third kappa shape index (κ3) is 4.06. The lowest BCUT2D eigenvalue weighted by Crippen LogP contribution is -2.46. The lowest BCUT2D eigenvalue weighted by molar-refractivity contribution is -0.156. The summed E-state index contributed by atoms with van der Waals surface area (Å²) in [7, 11) is 0. The number of amides is 1. The topological polar surface area (TPSA) is 86.6 Å². The van der Waals surface area contributed by atoms with Gasteiger partial charge in [-0.2, -0.15) is 0 Å². The fraction of sp³-hybridized carbons (Fsp3) is 0.467. The van der Waals surface area contributed by atoms with Crippen LogP contribution in [0.4, 0.5) is 0 Å². The molecule has 110 valence electrons. The molecule has 0 radical (unpaired) electrons. The van der Waals surface area contributed by atoms with Gasteiger partial charge >= 0.3 is 5.97 Å². The summed E-state index contributed by atoms with van der Waals surface area (Å²) in [4.78, 5) is 22.6. The number of benzene rings is 1. The Labute approximate surface area is 118 Å². The molecule has 0 fully saturated rings. The molecule has 1 aromatic carbocycles. The molecule has 0 saturated carbocycles. The highest BCUT2D eigenvalue weighted by molar-refractivity contribution is 5.82. The average Bonchev–Trinajstić information content (AvgIpc) is 2.31. The first-order valence-corrected chi connectivity index (χ1v) is 6.42. The molecule has 0 aromatic heterocycles.